The quantitative estimate of drug-likeness (QED) is 0.366. The van der Waals surface area contributed by atoms with Crippen molar-refractivity contribution in [3.63, 3.8) is 0 Å². The Bertz CT molecular complexity index is 1100. The van der Waals surface area contributed by atoms with E-state index in [0.717, 1.165) is 30.4 Å². The largest absolute Gasteiger partial charge is 0.455 e. The second kappa shape index (κ2) is 6.51. The van der Waals surface area contributed by atoms with E-state index in [4.69, 9.17) is 9.47 Å². The molecule has 0 bridgehead atoms. The summed E-state index contributed by atoms with van der Waals surface area (Å²) < 4.78 is 12.0. The van der Waals surface area contributed by atoms with Gasteiger partial charge in [-0.05, 0) is 83.3 Å². The van der Waals surface area contributed by atoms with Crippen molar-refractivity contribution in [3.8, 4) is 0 Å². The Morgan fingerprint density at radius 2 is 1.88 bits per heavy atom. The summed E-state index contributed by atoms with van der Waals surface area (Å²) in [6.45, 7) is 9.49. The van der Waals surface area contributed by atoms with Gasteiger partial charge in [-0.15, -0.1) is 0 Å². The molecule has 6 aliphatic rings. The van der Waals surface area contributed by atoms with Crippen molar-refractivity contribution in [2.45, 2.75) is 102 Å². The molecule has 9 atom stereocenters. The van der Waals surface area contributed by atoms with E-state index in [-0.39, 0.29) is 29.7 Å². The molecule has 0 aromatic carbocycles. The smallest absolute Gasteiger partial charge is 0.334 e. The van der Waals surface area contributed by atoms with E-state index in [1.54, 1.807) is 19.9 Å². The SMILES string of the molecule is CC1=C(C)C(=O)O[C@@H]([C@](C)(O)C2=CC[C@@]3(O)[C@@H]4C[C@H]5O[C@]56CC=CC(=O)[C@]6(C)[C@H]4CC[C@]23C)C1. The Balaban J connectivity index is 1.35. The number of aliphatic hydroxyl groups is 2. The average Bonchev–Trinajstić information content (AvgIpc) is 3.40. The Morgan fingerprint density at radius 1 is 1.15 bits per heavy atom. The van der Waals surface area contributed by atoms with Gasteiger partial charge in [-0.3, -0.25) is 4.79 Å². The monoisotopic (exact) mass is 468 g/mol. The number of carbonyl (C=O) groups excluding carboxylic acids is 2. The summed E-state index contributed by atoms with van der Waals surface area (Å²) >= 11 is 0. The highest BCUT2D eigenvalue weighted by Crippen LogP contribution is 2.73. The molecule has 6 heteroatoms. The van der Waals surface area contributed by atoms with E-state index < -0.39 is 33.7 Å². The summed E-state index contributed by atoms with van der Waals surface area (Å²) in [5, 5.41) is 24.3. The van der Waals surface area contributed by atoms with Crippen molar-refractivity contribution >= 4 is 11.8 Å². The van der Waals surface area contributed by atoms with E-state index in [1.807, 2.05) is 19.1 Å². The van der Waals surface area contributed by atoms with Gasteiger partial charge < -0.3 is 19.7 Å². The predicted molar refractivity (Wildman–Crippen MR) is 125 cm³/mol. The zero-order chi connectivity index (χ0) is 24.5. The highest BCUT2D eigenvalue weighted by atomic mass is 16.6. The molecule has 2 heterocycles. The number of hydrogen-bond acceptors (Lipinski definition) is 6. The fourth-order valence-corrected chi connectivity index (χ4v) is 8.75. The molecule has 0 radical (unpaired) electrons. The molecular formula is C28H36O6. The van der Waals surface area contributed by atoms with Crippen molar-refractivity contribution in [2.24, 2.45) is 22.7 Å². The lowest BCUT2D eigenvalue weighted by molar-refractivity contribution is -0.190. The third kappa shape index (κ3) is 2.38. The van der Waals surface area contributed by atoms with Crippen molar-refractivity contribution in [3.05, 3.63) is 34.9 Å². The number of fused-ring (bicyclic) bond motifs is 4. The Labute approximate surface area is 201 Å². The number of hydrogen-bond donors (Lipinski definition) is 2. The summed E-state index contributed by atoms with van der Waals surface area (Å²) in [5.74, 6) is -0.342. The van der Waals surface area contributed by atoms with E-state index in [2.05, 4.69) is 13.8 Å². The second-order valence-electron chi connectivity index (χ2n) is 12.4. The first-order valence-electron chi connectivity index (χ1n) is 12.7. The number of cyclic esters (lactones) is 1. The molecular weight excluding hydrogens is 432 g/mol. The van der Waals surface area contributed by atoms with Crippen LogP contribution in [0.2, 0.25) is 0 Å². The predicted octanol–water partition coefficient (Wildman–Crippen LogP) is 3.56. The van der Waals surface area contributed by atoms with Gasteiger partial charge in [0.2, 0.25) is 0 Å². The standard InChI is InChI=1S/C28H36O6/c1-15-13-21(33-23(30)16(15)2)26(5,31)19-9-12-27(32)18-14-22-28(34-22)10-6-7-20(29)25(28,4)17(18)8-11-24(19,27)3/h6-7,9,17-18,21-22,31-32H,8,10-14H2,1-5H3/t17-,18+,21+,22+,24+,25-,26+,27+,28+/m0/s1. The average molecular weight is 469 g/mol. The number of allylic oxidation sites excluding steroid dienone is 1. The van der Waals surface area contributed by atoms with E-state index >= 15 is 0 Å². The van der Waals surface area contributed by atoms with Crippen LogP contribution >= 0.6 is 0 Å². The molecule has 6 rings (SSSR count). The van der Waals surface area contributed by atoms with Crippen LogP contribution in [0.25, 0.3) is 0 Å². The van der Waals surface area contributed by atoms with Gasteiger partial charge in [-0.1, -0.05) is 24.6 Å². The molecule has 0 aromatic heterocycles. The van der Waals surface area contributed by atoms with Crippen molar-refractivity contribution in [1.82, 2.24) is 0 Å². The van der Waals surface area contributed by atoms with Gasteiger partial charge in [0.25, 0.3) is 0 Å². The van der Waals surface area contributed by atoms with Gasteiger partial charge in [0.05, 0.1) is 17.1 Å². The number of epoxide rings is 1. The molecule has 2 N–H and O–H groups in total. The molecule has 2 aliphatic heterocycles. The zero-order valence-electron chi connectivity index (χ0n) is 20.8. The van der Waals surface area contributed by atoms with Crippen LogP contribution in [0.1, 0.15) is 73.1 Å². The van der Waals surface area contributed by atoms with Gasteiger partial charge in [0.15, 0.2) is 5.78 Å². The zero-order valence-corrected chi connectivity index (χ0v) is 20.8. The Kier molecular flexibility index (Phi) is 4.34. The lowest BCUT2D eigenvalue weighted by atomic mass is 9.43. The first kappa shape index (κ1) is 22.7. The topological polar surface area (TPSA) is 96.4 Å². The first-order chi connectivity index (χ1) is 15.8. The molecule has 1 saturated heterocycles. The minimum absolute atomic E-state index is 0.0151. The second-order valence-corrected chi connectivity index (χ2v) is 12.4. The van der Waals surface area contributed by atoms with E-state index in [0.29, 0.717) is 24.8 Å². The highest BCUT2D eigenvalue weighted by Gasteiger charge is 2.79. The van der Waals surface area contributed by atoms with Crippen LogP contribution in [0.3, 0.4) is 0 Å². The van der Waals surface area contributed by atoms with Crippen molar-refractivity contribution in [1.29, 1.82) is 0 Å². The molecule has 34 heavy (non-hydrogen) atoms. The summed E-state index contributed by atoms with van der Waals surface area (Å²) in [6.07, 6.45) is 8.76. The number of rotatable bonds is 2. The molecule has 0 aromatic rings. The van der Waals surface area contributed by atoms with Crippen molar-refractivity contribution < 1.29 is 29.3 Å². The molecule has 3 fully saturated rings. The normalized spacial score (nSPS) is 51.0. The van der Waals surface area contributed by atoms with Crippen LogP contribution in [-0.4, -0.2) is 51.0 Å². The van der Waals surface area contributed by atoms with Gasteiger partial charge in [0, 0.05) is 17.4 Å². The molecule has 0 amide bonds. The van der Waals surface area contributed by atoms with E-state index in [1.165, 1.54) is 0 Å². The van der Waals surface area contributed by atoms with E-state index in [9.17, 15) is 19.8 Å². The third-order valence-electron chi connectivity index (χ3n) is 11.2. The highest BCUT2D eigenvalue weighted by molar-refractivity contribution is 5.97. The van der Waals surface area contributed by atoms with Crippen LogP contribution in [0.15, 0.2) is 34.9 Å². The van der Waals surface area contributed by atoms with Crippen LogP contribution in [-0.2, 0) is 19.1 Å². The maximum absolute atomic E-state index is 13.3. The molecule has 0 unspecified atom stereocenters. The molecule has 184 valence electrons. The molecule has 4 aliphatic carbocycles. The van der Waals surface area contributed by atoms with Crippen LogP contribution in [0.5, 0.6) is 0 Å². The minimum atomic E-state index is -1.40. The molecule has 6 nitrogen and oxygen atoms in total. The van der Waals surface area contributed by atoms with Crippen molar-refractivity contribution in [2.75, 3.05) is 0 Å². The van der Waals surface area contributed by atoms with Crippen LogP contribution in [0.4, 0.5) is 0 Å². The number of carbonyl (C=O) groups is 2. The first-order valence-corrected chi connectivity index (χ1v) is 12.7. The Hall–Kier alpha value is -1.76. The van der Waals surface area contributed by atoms with Crippen LogP contribution < -0.4 is 0 Å². The van der Waals surface area contributed by atoms with Crippen LogP contribution in [0, 0.1) is 22.7 Å². The lowest BCUT2D eigenvalue weighted by Crippen LogP contribution is -2.66. The molecule has 2 saturated carbocycles. The maximum Gasteiger partial charge on any atom is 0.334 e. The number of ether oxygens (including phenoxy) is 2. The summed E-state index contributed by atoms with van der Waals surface area (Å²) in [7, 11) is 0. The fraction of sp³-hybridized carbons (Fsp3) is 0.714. The third-order valence-corrected chi connectivity index (χ3v) is 11.2. The fourth-order valence-electron chi connectivity index (χ4n) is 8.75. The number of esters is 1. The number of ketones is 1. The van der Waals surface area contributed by atoms with Gasteiger partial charge in [-0.25, -0.2) is 4.79 Å². The van der Waals surface area contributed by atoms with Gasteiger partial charge in [-0.2, -0.15) is 0 Å². The molecule has 1 spiro atoms. The summed E-state index contributed by atoms with van der Waals surface area (Å²) in [4.78, 5) is 25.7. The summed E-state index contributed by atoms with van der Waals surface area (Å²) in [6, 6.07) is 0. The lowest BCUT2D eigenvalue weighted by Gasteiger charge is -2.61. The Morgan fingerprint density at radius 3 is 2.59 bits per heavy atom. The van der Waals surface area contributed by atoms with Gasteiger partial charge in [0.1, 0.15) is 17.3 Å². The van der Waals surface area contributed by atoms with Gasteiger partial charge >= 0.3 is 5.97 Å². The minimum Gasteiger partial charge on any atom is -0.455 e. The summed E-state index contributed by atoms with van der Waals surface area (Å²) in [5.41, 5.74) is -1.91. The maximum atomic E-state index is 13.3.